The molecule has 0 radical (unpaired) electrons. The predicted molar refractivity (Wildman–Crippen MR) is 85.6 cm³/mol. The number of aromatic amines is 2. The first kappa shape index (κ1) is 13.1. The van der Waals surface area contributed by atoms with Crippen molar-refractivity contribution in [2.45, 2.75) is 31.7 Å². The van der Waals surface area contributed by atoms with E-state index in [0.717, 1.165) is 40.7 Å². The van der Waals surface area contributed by atoms with Gasteiger partial charge in [0.15, 0.2) is 0 Å². The summed E-state index contributed by atoms with van der Waals surface area (Å²) in [6.45, 7) is 0. The predicted octanol–water partition coefficient (Wildman–Crippen LogP) is 3.23. The number of carbonyl (C=O) groups is 1. The van der Waals surface area contributed by atoms with Crippen LogP contribution in [0, 0.1) is 0 Å². The van der Waals surface area contributed by atoms with Crippen molar-refractivity contribution in [3.63, 3.8) is 0 Å². The topological polar surface area (TPSA) is 73.6 Å². The molecule has 1 saturated carbocycles. The second kappa shape index (κ2) is 5.33. The Morgan fingerprint density at radius 1 is 1.23 bits per heavy atom. The first-order valence-corrected chi connectivity index (χ1v) is 7.74. The van der Waals surface area contributed by atoms with Gasteiger partial charge < -0.3 is 10.3 Å². The Morgan fingerprint density at radius 2 is 2.09 bits per heavy atom. The molecule has 3 aromatic rings. The highest BCUT2D eigenvalue weighted by Crippen LogP contribution is 2.26. The van der Waals surface area contributed by atoms with Gasteiger partial charge in [0.25, 0.3) is 5.91 Å². The lowest BCUT2D eigenvalue weighted by molar-refractivity contribution is 0.0939. The second-order valence-corrected chi connectivity index (χ2v) is 5.86. The Labute approximate surface area is 128 Å². The van der Waals surface area contributed by atoms with Crippen LogP contribution in [0.5, 0.6) is 0 Å². The third kappa shape index (κ3) is 2.28. The van der Waals surface area contributed by atoms with E-state index >= 15 is 0 Å². The molecule has 112 valence electrons. The Bertz CT molecular complexity index is 797. The number of aromatic nitrogens is 3. The number of hydrogen-bond acceptors (Lipinski definition) is 2. The largest absolute Gasteiger partial charge is 0.353 e. The van der Waals surface area contributed by atoms with Gasteiger partial charge in [-0.2, -0.15) is 5.10 Å². The van der Waals surface area contributed by atoms with Gasteiger partial charge in [0, 0.05) is 28.7 Å². The highest BCUT2D eigenvalue weighted by atomic mass is 16.1. The Morgan fingerprint density at radius 3 is 2.86 bits per heavy atom. The van der Waals surface area contributed by atoms with Crippen LogP contribution in [0.4, 0.5) is 0 Å². The van der Waals surface area contributed by atoms with Crippen molar-refractivity contribution < 1.29 is 4.79 Å². The average molecular weight is 294 g/mol. The number of rotatable bonds is 3. The lowest BCUT2D eigenvalue weighted by Crippen LogP contribution is -2.32. The summed E-state index contributed by atoms with van der Waals surface area (Å²) >= 11 is 0. The molecule has 0 aliphatic heterocycles. The molecule has 2 aromatic heterocycles. The van der Waals surface area contributed by atoms with E-state index in [1.165, 1.54) is 12.8 Å². The van der Waals surface area contributed by atoms with Crippen molar-refractivity contribution in [2.24, 2.45) is 0 Å². The maximum absolute atomic E-state index is 12.6. The molecular formula is C17H18N4O. The number of H-pyrrole nitrogens is 2. The van der Waals surface area contributed by atoms with Gasteiger partial charge in [-0.15, -0.1) is 0 Å². The number of nitrogens with zero attached hydrogens (tertiary/aromatic N) is 1. The molecule has 1 aliphatic carbocycles. The minimum Gasteiger partial charge on any atom is -0.353 e. The van der Waals surface area contributed by atoms with E-state index in [4.69, 9.17) is 0 Å². The SMILES string of the molecule is O=C(NC1CCCC1)c1cccc2[nH]c(-c3cc[nH]n3)cc12. The highest BCUT2D eigenvalue weighted by Gasteiger charge is 2.19. The van der Waals surface area contributed by atoms with Crippen molar-refractivity contribution in [1.82, 2.24) is 20.5 Å². The summed E-state index contributed by atoms with van der Waals surface area (Å²) in [7, 11) is 0. The molecule has 0 spiro atoms. The summed E-state index contributed by atoms with van der Waals surface area (Å²) in [6.07, 6.45) is 6.39. The van der Waals surface area contributed by atoms with Crippen LogP contribution in [0.2, 0.25) is 0 Å². The van der Waals surface area contributed by atoms with Crippen LogP contribution in [-0.2, 0) is 0 Å². The van der Waals surface area contributed by atoms with E-state index in [-0.39, 0.29) is 5.91 Å². The van der Waals surface area contributed by atoms with E-state index in [1.54, 1.807) is 6.20 Å². The molecule has 5 nitrogen and oxygen atoms in total. The normalized spacial score (nSPS) is 15.5. The van der Waals surface area contributed by atoms with Crippen LogP contribution in [0.3, 0.4) is 0 Å². The van der Waals surface area contributed by atoms with Gasteiger partial charge in [-0.3, -0.25) is 9.89 Å². The zero-order valence-electron chi connectivity index (χ0n) is 12.2. The molecule has 0 unspecified atom stereocenters. The minimum atomic E-state index is 0.0186. The third-order valence-electron chi connectivity index (χ3n) is 4.38. The van der Waals surface area contributed by atoms with Gasteiger partial charge in [-0.05, 0) is 37.1 Å². The van der Waals surface area contributed by atoms with Crippen molar-refractivity contribution in [1.29, 1.82) is 0 Å². The van der Waals surface area contributed by atoms with E-state index < -0.39 is 0 Å². The zero-order valence-corrected chi connectivity index (χ0v) is 12.2. The monoisotopic (exact) mass is 294 g/mol. The summed E-state index contributed by atoms with van der Waals surface area (Å²) in [6, 6.07) is 10.0. The molecule has 3 N–H and O–H groups in total. The standard InChI is InChI=1S/C17H18N4O/c22-17(19-11-4-1-2-5-11)12-6-3-7-14-13(12)10-16(20-14)15-8-9-18-21-15/h3,6-11,20H,1-2,4-5H2,(H,18,21)(H,19,22). The molecule has 1 fully saturated rings. The summed E-state index contributed by atoms with van der Waals surface area (Å²) in [4.78, 5) is 15.9. The first-order chi connectivity index (χ1) is 10.8. The second-order valence-electron chi connectivity index (χ2n) is 5.86. The molecule has 1 aromatic carbocycles. The van der Waals surface area contributed by atoms with Crippen molar-refractivity contribution in [2.75, 3.05) is 0 Å². The van der Waals surface area contributed by atoms with Crippen molar-refractivity contribution >= 4 is 16.8 Å². The highest BCUT2D eigenvalue weighted by molar-refractivity contribution is 6.07. The smallest absolute Gasteiger partial charge is 0.252 e. The van der Waals surface area contributed by atoms with Gasteiger partial charge in [-0.25, -0.2) is 0 Å². The Balaban J connectivity index is 1.69. The lowest BCUT2D eigenvalue weighted by atomic mass is 10.1. The zero-order chi connectivity index (χ0) is 14.9. The van der Waals surface area contributed by atoms with Gasteiger partial charge in [0.05, 0.1) is 5.69 Å². The molecule has 1 aliphatic rings. The fraction of sp³-hybridized carbons (Fsp3) is 0.294. The van der Waals surface area contributed by atoms with E-state index in [9.17, 15) is 4.79 Å². The summed E-state index contributed by atoms with van der Waals surface area (Å²) in [5.74, 6) is 0.0186. The van der Waals surface area contributed by atoms with E-state index in [2.05, 4.69) is 20.5 Å². The van der Waals surface area contributed by atoms with Crippen LogP contribution < -0.4 is 5.32 Å². The van der Waals surface area contributed by atoms with Gasteiger partial charge in [0.1, 0.15) is 5.69 Å². The van der Waals surface area contributed by atoms with Gasteiger partial charge in [0.2, 0.25) is 0 Å². The molecule has 5 heteroatoms. The van der Waals surface area contributed by atoms with Crippen molar-refractivity contribution in [3.05, 3.63) is 42.1 Å². The Kier molecular flexibility index (Phi) is 3.18. The summed E-state index contributed by atoms with van der Waals surface area (Å²) in [5, 5.41) is 11.1. The number of carbonyl (C=O) groups excluding carboxylic acids is 1. The number of fused-ring (bicyclic) bond motifs is 1. The average Bonchev–Trinajstić information content (AvgIpc) is 3.26. The van der Waals surface area contributed by atoms with Crippen LogP contribution in [0.25, 0.3) is 22.3 Å². The molecule has 0 bridgehead atoms. The lowest BCUT2D eigenvalue weighted by Gasteiger charge is -2.12. The number of benzene rings is 1. The number of nitrogens with one attached hydrogen (secondary N) is 3. The minimum absolute atomic E-state index is 0.0186. The molecule has 2 heterocycles. The quantitative estimate of drug-likeness (QED) is 0.694. The number of hydrogen-bond donors (Lipinski definition) is 3. The van der Waals surface area contributed by atoms with Crippen LogP contribution in [0.15, 0.2) is 36.5 Å². The van der Waals surface area contributed by atoms with Gasteiger partial charge in [-0.1, -0.05) is 18.9 Å². The molecular weight excluding hydrogens is 276 g/mol. The van der Waals surface area contributed by atoms with E-state index in [1.807, 2.05) is 30.3 Å². The molecule has 0 saturated heterocycles. The van der Waals surface area contributed by atoms with Crippen LogP contribution >= 0.6 is 0 Å². The van der Waals surface area contributed by atoms with Crippen LogP contribution in [-0.4, -0.2) is 27.1 Å². The molecule has 0 atom stereocenters. The maximum atomic E-state index is 12.6. The van der Waals surface area contributed by atoms with Crippen LogP contribution in [0.1, 0.15) is 36.0 Å². The first-order valence-electron chi connectivity index (χ1n) is 7.74. The fourth-order valence-electron chi connectivity index (χ4n) is 3.23. The third-order valence-corrected chi connectivity index (χ3v) is 4.38. The van der Waals surface area contributed by atoms with Gasteiger partial charge >= 0.3 is 0 Å². The molecule has 4 rings (SSSR count). The summed E-state index contributed by atoms with van der Waals surface area (Å²) in [5.41, 5.74) is 3.44. The molecule has 22 heavy (non-hydrogen) atoms. The Hall–Kier alpha value is -2.56. The number of amides is 1. The van der Waals surface area contributed by atoms with Crippen molar-refractivity contribution in [3.8, 4) is 11.4 Å². The van der Waals surface area contributed by atoms with E-state index in [0.29, 0.717) is 6.04 Å². The fourth-order valence-corrected chi connectivity index (χ4v) is 3.23. The molecule has 1 amide bonds. The summed E-state index contributed by atoms with van der Waals surface area (Å²) < 4.78 is 0. The maximum Gasteiger partial charge on any atom is 0.252 e.